The van der Waals surface area contributed by atoms with Crippen molar-refractivity contribution in [2.75, 3.05) is 13.2 Å². The van der Waals surface area contributed by atoms with E-state index in [1.807, 2.05) is 45.0 Å². The third kappa shape index (κ3) is 8.26. The van der Waals surface area contributed by atoms with Gasteiger partial charge in [-0.2, -0.15) is 0 Å². The summed E-state index contributed by atoms with van der Waals surface area (Å²) in [7, 11) is -8.15. The Morgan fingerprint density at radius 3 is 1.05 bits per heavy atom. The molecular formula is C34H43O4PSi2. The van der Waals surface area contributed by atoms with E-state index in [4.69, 9.17) is 13.6 Å². The van der Waals surface area contributed by atoms with Gasteiger partial charge in [0.15, 0.2) is 0 Å². The Bertz CT molecular complexity index is 1220. The van der Waals surface area contributed by atoms with Crippen molar-refractivity contribution in [2.24, 2.45) is 0 Å². The zero-order valence-electron chi connectivity index (χ0n) is 25.0. The maximum absolute atomic E-state index is 14.1. The van der Waals surface area contributed by atoms with Gasteiger partial charge in [0.2, 0.25) is 0 Å². The molecule has 0 bridgehead atoms. The summed E-state index contributed by atoms with van der Waals surface area (Å²) >= 11 is 0. The van der Waals surface area contributed by atoms with Crippen LogP contribution in [0.1, 0.15) is 20.8 Å². The fourth-order valence-electron chi connectivity index (χ4n) is 5.28. The summed E-state index contributed by atoms with van der Waals surface area (Å²) in [6, 6.07) is 43.9. The van der Waals surface area contributed by atoms with Gasteiger partial charge < -0.3 is 0 Å². The van der Waals surface area contributed by atoms with E-state index in [1.165, 1.54) is 20.7 Å². The van der Waals surface area contributed by atoms with Gasteiger partial charge in [0.05, 0.1) is 18.8 Å². The highest BCUT2D eigenvalue weighted by Gasteiger charge is 2.38. The van der Waals surface area contributed by atoms with Crippen LogP contribution >= 0.6 is 7.82 Å². The molecule has 0 unspecified atom stereocenters. The topological polar surface area (TPSA) is 44.8 Å². The van der Waals surface area contributed by atoms with Crippen LogP contribution in [0.2, 0.25) is 25.2 Å². The minimum absolute atomic E-state index is 0.284. The largest absolute Gasteiger partial charge is 0.475 e. The van der Waals surface area contributed by atoms with Crippen LogP contribution in [0.3, 0.4) is 0 Å². The number of phosphoric ester groups is 1. The van der Waals surface area contributed by atoms with E-state index < -0.39 is 29.6 Å². The van der Waals surface area contributed by atoms with Crippen molar-refractivity contribution in [2.45, 2.75) is 51.6 Å². The van der Waals surface area contributed by atoms with E-state index in [9.17, 15) is 4.57 Å². The van der Waals surface area contributed by atoms with E-state index in [0.717, 1.165) is 12.1 Å². The fraction of sp³-hybridized carbons (Fsp3) is 0.294. The number of hydrogen-bond donors (Lipinski definition) is 0. The van der Waals surface area contributed by atoms with Crippen LogP contribution < -0.4 is 20.7 Å². The summed E-state index contributed by atoms with van der Waals surface area (Å²) < 4.78 is 32.4. The molecule has 0 fully saturated rings. The Kier molecular flexibility index (Phi) is 10.4. The molecule has 216 valence electrons. The summed E-state index contributed by atoms with van der Waals surface area (Å²) in [5, 5.41) is 5.26. The van der Waals surface area contributed by atoms with Gasteiger partial charge >= 0.3 is 7.82 Å². The van der Waals surface area contributed by atoms with E-state index in [1.54, 1.807) is 0 Å². The van der Waals surface area contributed by atoms with E-state index in [2.05, 4.69) is 110 Å². The summed E-state index contributed by atoms with van der Waals surface area (Å²) in [5.74, 6) is 0. The van der Waals surface area contributed by atoms with Gasteiger partial charge in [-0.25, -0.2) is 4.57 Å². The summed E-state index contributed by atoms with van der Waals surface area (Å²) in [6.07, 6.45) is 0. The quantitative estimate of drug-likeness (QED) is 0.126. The lowest BCUT2D eigenvalue weighted by Gasteiger charge is -2.32. The van der Waals surface area contributed by atoms with Gasteiger partial charge in [-0.1, -0.05) is 155 Å². The minimum atomic E-state index is -3.83. The summed E-state index contributed by atoms with van der Waals surface area (Å²) in [4.78, 5) is 0. The third-order valence-electron chi connectivity index (χ3n) is 7.73. The SMILES string of the molecule is CC(C)(C)OP(=O)(OCC[Si](C)(c1ccccc1)c1ccccc1)OCC[Si](C)(c1ccccc1)c1ccccc1. The number of hydrogen-bond acceptors (Lipinski definition) is 4. The van der Waals surface area contributed by atoms with Crippen molar-refractivity contribution in [3.05, 3.63) is 121 Å². The van der Waals surface area contributed by atoms with Crippen molar-refractivity contribution in [3.8, 4) is 0 Å². The van der Waals surface area contributed by atoms with Crippen molar-refractivity contribution in [1.29, 1.82) is 0 Å². The molecule has 4 aromatic rings. The number of benzene rings is 4. The normalized spacial score (nSPS) is 12.8. The molecule has 4 rings (SSSR count). The average molecular weight is 603 g/mol. The lowest BCUT2D eigenvalue weighted by atomic mass is 10.2. The highest BCUT2D eigenvalue weighted by atomic mass is 31.2. The molecule has 0 saturated carbocycles. The molecule has 41 heavy (non-hydrogen) atoms. The van der Waals surface area contributed by atoms with Gasteiger partial charge in [-0.15, -0.1) is 0 Å². The smallest absolute Gasteiger partial charge is 0.287 e. The molecule has 0 aliphatic carbocycles. The maximum Gasteiger partial charge on any atom is 0.475 e. The minimum Gasteiger partial charge on any atom is -0.287 e. The summed E-state index contributed by atoms with van der Waals surface area (Å²) in [6.45, 7) is 10.9. The second kappa shape index (κ2) is 13.6. The Labute approximate surface area is 248 Å². The standard InChI is InChI=1S/C34H43O4PSi2/c1-34(2,3)38-39(35,36-26-28-40(4,30-18-10-6-11-19-30)31-20-12-7-13-21-31)37-27-29-41(5,32-22-14-8-15-23-32)33-24-16-9-17-25-33/h6-25H,26-29H2,1-5H3. The first kappa shape index (κ1) is 31.4. The molecule has 0 spiro atoms. The van der Waals surface area contributed by atoms with Gasteiger partial charge in [0, 0.05) is 0 Å². The highest BCUT2D eigenvalue weighted by molar-refractivity contribution is 7.48. The number of phosphoric acid groups is 1. The van der Waals surface area contributed by atoms with Gasteiger partial charge in [-0.05, 0) is 32.9 Å². The molecule has 0 atom stereocenters. The zero-order valence-corrected chi connectivity index (χ0v) is 27.9. The second-order valence-electron chi connectivity index (χ2n) is 11.9. The Balaban J connectivity index is 1.52. The molecule has 4 aromatic carbocycles. The van der Waals surface area contributed by atoms with Crippen molar-refractivity contribution in [3.63, 3.8) is 0 Å². The average Bonchev–Trinajstić information content (AvgIpc) is 2.98. The Morgan fingerprint density at radius 1 is 0.537 bits per heavy atom. The van der Waals surface area contributed by atoms with E-state index in [0.29, 0.717) is 0 Å². The van der Waals surface area contributed by atoms with Crippen LogP contribution in [-0.2, 0) is 18.1 Å². The Morgan fingerprint density at radius 2 is 0.805 bits per heavy atom. The van der Waals surface area contributed by atoms with E-state index >= 15 is 0 Å². The van der Waals surface area contributed by atoms with Crippen molar-refractivity contribution in [1.82, 2.24) is 0 Å². The van der Waals surface area contributed by atoms with Gasteiger partial charge in [0.1, 0.15) is 16.1 Å². The van der Waals surface area contributed by atoms with Crippen LogP contribution in [0.25, 0.3) is 0 Å². The zero-order chi connectivity index (χ0) is 29.4. The summed E-state index contributed by atoms with van der Waals surface area (Å²) in [5.41, 5.74) is -0.686. The second-order valence-corrected chi connectivity index (χ2v) is 22.2. The molecule has 0 radical (unpaired) electrons. The van der Waals surface area contributed by atoms with Gasteiger partial charge in [-0.3, -0.25) is 13.6 Å². The molecule has 0 N–H and O–H groups in total. The third-order valence-corrected chi connectivity index (χ3v) is 18.3. The van der Waals surface area contributed by atoms with Crippen LogP contribution in [0.5, 0.6) is 0 Å². The number of rotatable bonds is 13. The predicted octanol–water partition coefficient (Wildman–Crippen LogP) is 6.73. The van der Waals surface area contributed by atoms with Crippen LogP contribution in [0.4, 0.5) is 0 Å². The molecular weight excluding hydrogens is 560 g/mol. The van der Waals surface area contributed by atoms with Crippen molar-refractivity contribution >= 4 is 44.7 Å². The maximum atomic E-state index is 14.1. The first-order valence-electron chi connectivity index (χ1n) is 14.4. The molecule has 7 heteroatoms. The fourth-order valence-corrected chi connectivity index (χ4v) is 13.7. The van der Waals surface area contributed by atoms with Gasteiger partial charge in [0.25, 0.3) is 0 Å². The van der Waals surface area contributed by atoms with Crippen LogP contribution in [0, 0.1) is 0 Å². The van der Waals surface area contributed by atoms with Crippen LogP contribution in [-0.4, -0.2) is 35.0 Å². The van der Waals surface area contributed by atoms with Crippen LogP contribution in [0.15, 0.2) is 121 Å². The lowest BCUT2D eigenvalue weighted by molar-refractivity contribution is 0.0469. The molecule has 0 aliphatic rings. The highest BCUT2D eigenvalue weighted by Crippen LogP contribution is 2.53. The molecule has 0 heterocycles. The first-order chi connectivity index (χ1) is 19.5. The molecule has 0 aliphatic heterocycles. The monoisotopic (exact) mass is 602 g/mol. The van der Waals surface area contributed by atoms with Crippen molar-refractivity contribution < 1.29 is 18.1 Å². The Hall–Kier alpha value is -2.58. The first-order valence-corrected chi connectivity index (χ1v) is 21.2. The lowest BCUT2D eigenvalue weighted by Crippen LogP contribution is -2.56. The molecule has 4 nitrogen and oxygen atoms in total. The molecule has 0 aromatic heterocycles. The molecule has 0 amide bonds. The predicted molar refractivity (Wildman–Crippen MR) is 178 cm³/mol. The molecule has 0 saturated heterocycles. The van der Waals surface area contributed by atoms with E-state index in [-0.39, 0.29) is 13.2 Å².